The van der Waals surface area contributed by atoms with Crippen LogP contribution in [0.2, 0.25) is 10.0 Å². The zero-order valence-electron chi connectivity index (χ0n) is 12.6. The van der Waals surface area contributed by atoms with Crippen molar-refractivity contribution in [1.29, 1.82) is 5.26 Å². The van der Waals surface area contributed by atoms with Crippen LogP contribution in [0.4, 0.5) is 0 Å². The third kappa shape index (κ3) is 3.03. The van der Waals surface area contributed by atoms with E-state index in [-0.39, 0.29) is 0 Å². The van der Waals surface area contributed by atoms with Crippen LogP contribution >= 0.6 is 23.2 Å². The summed E-state index contributed by atoms with van der Waals surface area (Å²) in [7, 11) is 0. The van der Waals surface area contributed by atoms with Gasteiger partial charge in [-0.3, -0.25) is 0 Å². The van der Waals surface area contributed by atoms with Crippen LogP contribution in [0.15, 0.2) is 48.7 Å². The average Bonchev–Trinajstić information content (AvgIpc) is 2.94. The van der Waals surface area contributed by atoms with Crippen molar-refractivity contribution in [2.75, 3.05) is 0 Å². The maximum Gasteiger partial charge on any atom is 0.0998 e. The van der Waals surface area contributed by atoms with Crippen LogP contribution < -0.4 is 0 Å². The van der Waals surface area contributed by atoms with E-state index in [1.54, 1.807) is 18.2 Å². The Morgan fingerprint density at radius 3 is 2.67 bits per heavy atom. The van der Waals surface area contributed by atoms with Gasteiger partial charge >= 0.3 is 0 Å². The maximum absolute atomic E-state index is 9.55. The molecule has 0 aliphatic rings. The lowest BCUT2D eigenvalue weighted by Crippen LogP contribution is -1.91. The minimum Gasteiger partial charge on any atom is -0.335 e. The zero-order valence-corrected chi connectivity index (χ0v) is 14.1. The Kier molecular flexibility index (Phi) is 4.63. The number of nitriles is 1. The van der Waals surface area contributed by atoms with Gasteiger partial charge in [0.05, 0.1) is 28.2 Å². The molecule has 0 saturated carbocycles. The van der Waals surface area contributed by atoms with Crippen LogP contribution in [0.3, 0.4) is 0 Å². The molecule has 0 amide bonds. The van der Waals surface area contributed by atoms with E-state index in [0.717, 1.165) is 22.0 Å². The second kappa shape index (κ2) is 6.85. The second-order valence-electron chi connectivity index (χ2n) is 5.23. The number of hydrogen-bond donors (Lipinski definition) is 0. The summed E-state index contributed by atoms with van der Waals surface area (Å²) >= 11 is 12.0. The SMILES string of the molecule is C#CCn1cc(/C=C(\C#N)c2ccc(Cl)c(Cl)c2)c2ccccc21. The fourth-order valence-corrected chi connectivity index (χ4v) is 2.92. The van der Waals surface area contributed by atoms with Crippen LogP contribution in [0.1, 0.15) is 11.1 Å². The average molecular weight is 351 g/mol. The molecule has 0 N–H and O–H groups in total. The lowest BCUT2D eigenvalue weighted by atomic mass is 10.0. The summed E-state index contributed by atoms with van der Waals surface area (Å²) in [5.74, 6) is 2.65. The fraction of sp³-hybridized carbons (Fsp3) is 0.0500. The second-order valence-corrected chi connectivity index (χ2v) is 6.05. The smallest absolute Gasteiger partial charge is 0.0998 e. The molecule has 2 aromatic carbocycles. The monoisotopic (exact) mass is 350 g/mol. The van der Waals surface area contributed by atoms with Gasteiger partial charge in [0.2, 0.25) is 0 Å². The van der Waals surface area contributed by atoms with Gasteiger partial charge in [-0.2, -0.15) is 5.26 Å². The Balaban J connectivity index is 2.15. The van der Waals surface area contributed by atoms with E-state index in [1.165, 1.54) is 0 Å². The van der Waals surface area contributed by atoms with Gasteiger partial charge in [0.1, 0.15) is 0 Å². The molecule has 0 aliphatic heterocycles. The first-order chi connectivity index (χ1) is 11.6. The maximum atomic E-state index is 9.55. The minimum atomic E-state index is 0.421. The van der Waals surface area contributed by atoms with Gasteiger partial charge in [0, 0.05) is 22.7 Å². The summed E-state index contributed by atoms with van der Waals surface area (Å²) in [5, 5.41) is 11.5. The molecule has 0 bridgehead atoms. The van der Waals surface area contributed by atoms with Crippen LogP contribution in [0, 0.1) is 23.7 Å². The predicted octanol–water partition coefficient (Wildman–Crippen LogP) is 5.65. The number of allylic oxidation sites excluding steroid dienone is 1. The van der Waals surface area contributed by atoms with Gasteiger partial charge in [-0.05, 0) is 29.8 Å². The Bertz CT molecular complexity index is 1030. The van der Waals surface area contributed by atoms with Crippen molar-refractivity contribution in [3.8, 4) is 18.4 Å². The summed E-state index contributed by atoms with van der Waals surface area (Å²) in [6, 6.07) is 15.3. The van der Waals surface area contributed by atoms with Crippen molar-refractivity contribution in [1.82, 2.24) is 4.57 Å². The van der Waals surface area contributed by atoms with Crippen molar-refractivity contribution < 1.29 is 0 Å². The Morgan fingerprint density at radius 1 is 1.17 bits per heavy atom. The number of nitrogens with zero attached hydrogens (tertiary/aromatic N) is 2. The first kappa shape index (κ1) is 16.2. The molecule has 0 radical (unpaired) electrons. The largest absolute Gasteiger partial charge is 0.335 e. The molecule has 0 unspecified atom stereocenters. The van der Waals surface area contributed by atoms with Crippen LogP contribution in [-0.2, 0) is 6.54 Å². The number of para-hydroxylation sites is 1. The molecule has 0 spiro atoms. The highest BCUT2D eigenvalue weighted by atomic mass is 35.5. The fourth-order valence-electron chi connectivity index (χ4n) is 2.62. The van der Waals surface area contributed by atoms with Crippen LogP contribution in [0.5, 0.6) is 0 Å². The number of terminal acetylenes is 1. The van der Waals surface area contributed by atoms with E-state index in [0.29, 0.717) is 22.2 Å². The lowest BCUT2D eigenvalue weighted by molar-refractivity contribution is 0.886. The molecule has 4 heteroatoms. The molecule has 3 rings (SSSR count). The van der Waals surface area contributed by atoms with Gasteiger partial charge in [0.15, 0.2) is 0 Å². The highest BCUT2D eigenvalue weighted by Crippen LogP contribution is 2.29. The third-order valence-corrected chi connectivity index (χ3v) is 4.47. The van der Waals surface area contributed by atoms with Gasteiger partial charge in [-0.25, -0.2) is 0 Å². The molecule has 116 valence electrons. The van der Waals surface area contributed by atoms with E-state index in [1.807, 2.05) is 41.1 Å². The van der Waals surface area contributed by atoms with Crippen molar-refractivity contribution in [3.05, 3.63) is 69.8 Å². The molecule has 0 aliphatic carbocycles. The van der Waals surface area contributed by atoms with Gasteiger partial charge in [-0.15, -0.1) is 6.42 Å². The number of aromatic nitrogens is 1. The van der Waals surface area contributed by atoms with Crippen molar-refractivity contribution in [3.63, 3.8) is 0 Å². The van der Waals surface area contributed by atoms with Crippen LogP contribution in [0.25, 0.3) is 22.6 Å². The summed E-state index contributed by atoms with van der Waals surface area (Å²) in [5.41, 5.74) is 3.20. The highest BCUT2D eigenvalue weighted by Gasteiger charge is 2.09. The lowest BCUT2D eigenvalue weighted by Gasteiger charge is -2.02. The summed E-state index contributed by atoms with van der Waals surface area (Å²) < 4.78 is 1.99. The number of fused-ring (bicyclic) bond motifs is 1. The summed E-state index contributed by atoms with van der Waals surface area (Å²) in [6.45, 7) is 0.475. The van der Waals surface area contributed by atoms with Gasteiger partial charge in [-0.1, -0.05) is 53.4 Å². The molecule has 0 atom stereocenters. The molecule has 0 fully saturated rings. The summed E-state index contributed by atoms with van der Waals surface area (Å²) in [4.78, 5) is 0. The number of benzene rings is 2. The third-order valence-electron chi connectivity index (χ3n) is 3.73. The van der Waals surface area contributed by atoms with Gasteiger partial charge in [0.25, 0.3) is 0 Å². The first-order valence-electron chi connectivity index (χ1n) is 7.22. The van der Waals surface area contributed by atoms with Crippen molar-refractivity contribution in [2.45, 2.75) is 6.54 Å². The molecule has 2 nitrogen and oxygen atoms in total. The highest BCUT2D eigenvalue weighted by molar-refractivity contribution is 6.42. The quantitative estimate of drug-likeness (QED) is 0.443. The first-order valence-corrected chi connectivity index (χ1v) is 7.98. The topological polar surface area (TPSA) is 28.7 Å². The Morgan fingerprint density at radius 2 is 1.96 bits per heavy atom. The van der Waals surface area contributed by atoms with Crippen molar-refractivity contribution in [2.24, 2.45) is 0 Å². The van der Waals surface area contributed by atoms with Crippen molar-refractivity contribution >= 4 is 45.8 Å². The minimum absolute atomic E-state index is 0.421. The Hall–Kier alpha value is -2.65. The number of hydrogen-bond acceptors (Lipinski definition) is 1. The van der Waals surface area contributed by atoms with E-state index in [4.69, 9.17) is 29.6 Å². The Labute approximate surface area is 150 Å². The number of halogens is 2. The molecule has 1 aromatic heterocycles. The molecular weight excluding hydrogens is 339 g/mol. The number of rotatable bonds is 3. The van der Waals surface area contributed by atoms with E-state index >= 15 is 0 Å². The molecule has 24 heavy (non-hydrogen) atoms. The van der Waals surface area contributed by atoms with Gasteiger partial charge < -0.3 is 4.57 Å². The predicted molar refractivity (Wildman–Crippen MR) is 101 cm³/mol. The van der Waals surface area contributed by atoms with E-state index in [9.17, 15) is 5.26 Å². The molecule has 3 aromatic rings. The van der Waals surface area contributed by atoms with E-state index in [2.05, 4.69) is 12.0 Å². The standard InChI is InChI=1S/C20H12Cl2N2/c1-2-9-24-13-16(17-5-3-4-6-20(17)24)10-15(12-23)14-7-8-18(21)19(22)11-14/h1,3-8,10-11,13H,9H2/b15-10+. The molecule has 1 heterocycles. The summed E-state index contributed by atoms with van der Waals surface area (Å²) in [6.07, 6.45) is 9.24. The van der Waals surface area contributed by atoms with Crippen LogP contribution in [-0.4, -0.2) is 4.57 Å². The molecule has 0 saturated heterocycles. The normalized spacial score (nSPS) is 11.2. The molecular formula is C20H12Cl2N2. The zero-order chi connectivity index (χ0) is 17.1. The van der Waals surface area contributed by atoms with E-state index < -0.39 is 0 Å².